The molecule has 0 aliphatic rings. The van der Waals surface area contributed by atoms with Crippen molar-refractivity contribution < 1.29 is 9.18 Å². The molecule has 0 aliphatic heterocycles. The van der Waals surface area contributed by atoms with Crippen molar-refractivity contribution in [3.05, 3.63) is 71.8 Å². The van der Waals surface area contributed by atoms with E-state index in [1.807, 2.05) is 13.0 Å². The molecule has 3 aromatic rings. The number of amides is 1. The van der Waals surface area contributed by atoms with E-state index in [0.717, 1.165) is 5.56 Å². The zero-order valence-corrected chi connectivity index (χ0v) is 13.3. The third kappa shape index (κ3) is 3.15. The maximum Gasteiger partial charge on any atom is 0.254 e. The van der Waals surface area contributed by atoms with Crippen LogP contribution in [-0.2, 0) is 0 Å². The topological polar surface area (TPSA) is 63.9 Å². The van der Waals surface area contributed by atoms with Gasteiger partial charge in [0.25, 0.3) is 5.91 Å². The number of benzene rings is 2. The summed E-state index contributed by atoms with van der Waals surface area (Å²) < 4.78 is 14.5. The van der Waals surface area contributed by atoms with Crippen LogP contribution in [0.2, 0.25) is 0 Å². The van der Waals surface area contributed by atoms with Crippen molar-refractivity contribution in [2.75, 3.05) is 7.05 Å². The average molecular weight is 325 g/mol. The van der Waals surface area contributed by atoms with Gasteiger partial charge in [-0.2, -0.15) is 0 Å². The first-order chi connectivity index (χ1) is 11.6. The number of halogens is 1. The molecule has 2 aromatic carbocycles. The Labute approximate surface area is 138 Å². The molecule has 122 valence electrons. The number of rotatable bonds is 4. The van der Waals surface area contributed by atoms with Gasteiger partial charge in [0.1, 0.15) is 12.1 Å². The minimum atomic E-state index is -0.297. The Balaban J connectivity index is 1.83. The molecule has 6 nitrogen and oxygen atoms in total. The zero-order valence-electron chi connectivity index (χ0n) is 13.3. The lowest BCUT2D eigenvalue weighted by Gasteiger charge is -2.25. The number of carbonyl (C=O) groups excluding carboxylic acids is 1. The van der Waals surface area contributed by atoms with Crippen LogP contribution in [-0.4, -0.2) is 38.1 Å². The van der Waals surface area contributed by atoms with Gasteiger partial charge in [-0.3, -0.25) is 4.79 Å². The van der Waals surface area contributed by atoms with Crippen LogP contribution >= 0.6 is 0 Å². The molecule has 0 radical (unpaired) electrons. The standard InChI is InChI=1S/C17H16FN5O/c1-12(13-6-8-15(18)9-7-13)22(2)17(24)14-4-3-5-16(10-14)23-11-19-20-21-23/h3-12H,1-2H3/t12-/m0/s1. The quantitative estimate of drug-likeness (QED) is 0.740. The monoisotopic (exact) mass is 325 g/mol. The second kappa shape index (κ2) is 6.57. The molecule has 0 saturated heterocycles. The van der Waals surface area contributed by atoms with Gasteiger partial charge in [-0.1, -0.05) is 18.2 Å². The molecular formula is C17H16FN5O. The maximum atomic E-state index is 13.1. The van der Waals surface area contributed by atoms with Gasteiger partial charge in [-0.15, -0.1) is 5.10 Å². The van der Waals surface area contributed by atoms with Gasteiger partial charge in [-0.05, 0) is 53.2 Å². The predicted molar refractivity (Wildman–Crippen MR) is 86.1 cm³/mol. The van der Waals surface area contributed by atoms with Crippen LogP contribution in [0, 0.1) is 5.82 Å². The Kier molecular flexibility index (Phi) is 4.33. The van der Waals surface area contributed by atoms with Crippen molar-refractivity contribution in [3.8, 4) is 5.69 Å². The van der Waals surface area contributed by atoms with Crippen LogP contribution in [0.3, 0.4) is 0 Å². The fraction of sp³-hybridized carbons (Fsp3) is 0.176. The Morgan fingerprint density at radius 2 is 1.96 bits per heavy atom. The van der Waals surface area contributed by atoms with Crippen molar-refractivity contribution in [1.29, 1.82) is 0 Å². The predicted octanol–water partition coefficient (Wildman–Crippen LogP) is 2.63. The van der Waals surface area contributed by atoms with Gasteiger partial charge in [0.2, 0.25) is 0 Å². The van der Waals surface area contributed by atoms with Crippen LogP contribution in [0.15, 0.2) is 54.9 Å². The lowest BCUT2D eigenvalue weighted by atomic mass is 10.1. The minimum Gasteiger partial charge on any atom is -0.335 e. The molecule has 0 N–H and O–H groups in total. The number of carbonyl (C=O) groups is 1. The summed E-state index contributed by atoms with van der Waals surface area (Å²) in [6.07, 6.45) is 1.47. The molecule has 0 bridgehead atoms. The highest BCUT2D eigenvalue weighted by molar-refractivity contribution is 5.94. The lowest BCUT2D eigenvalue weighted by Crippen LogP contribution is -2.29. The molecule has 1 aromatic heterocycles. The first-order valence-electron chi connectivity index (χ1n) is 7.42. The second-order valence-electron chi connectivity index (χ2n) is 5.45. The second-order valence-corrected chi connectivity index (χ2v) is 5.45. The van der Waals surface area contributed by atoms with Gasteiger partial charge >= 0.3 is 0 Å². The number of nitrogens with zero attached hydrogens (tertiary/aromatic N) is 5. The van der Waals surface area contributed by atoms with E-state index in [1.165, 1.54) is 23.1 Å². The zero-order chi connectivity index (χ0) is 17.1. The van der Waals surface area contributed by atoms with E-state index in [2.05, 4.69) is 15.5 Å². The molecule has 0 spiro atoms. The van der Waals surface area contributed by atoms with E-state index in [0.29, 0.717) is 11.3 Å². The Morgan fingerprint density at radius 1 is 1.21 bits per heavy atom. The van der Waals surface area contributed by atoms with E-state index in [1.54, 1.807) is 42.3 Å². The molecule has 0 unspecified atom stereocenters. The minimum absolute atomic E-state index is 0.137. The average Bonchev–Trinajstić information content (AvgIpc) is 3.15. The van der Waals surface area contributed by atoms with Gasteiger partial charge in [0.05, 0.1) is 11.7 Å². The van der Waals surface area contributed by atoms with Crippen molar-refractivity contribution in [2.24, 2.45) is 0 Å². The van der Waals surface area contributed by atoms with Gasteiger partial charge in [-0.25, -0.2) is 9.07 Å². The molecule has 1 atom stereocenters. The van der Waals surface area contributed by atoms with Crippen molar-refractivity contribution in [3.63, 3.8) is 0 Å². The number of hydrogen-bond acceptors (Lipinski definition) is 4. The van der Waals surface area contributed by atoms with E-state index in [-0.39, 0.29) is 17.8 Å². The summed E-state index contributed by atoms with van der Waals surface area (Å²) in [6, 6.07) is 13.0. The maximum absolute atomic E-state index is 13.1. The Bertz CT molecular complexity index is 832. The van der Waals surface area contributed by atoms with E-state index < -0.39 is 0 Å². The smallest absolute Gasteiger partial charge is 0.254 e. The molecular weight excluding hydrogens is 309 g/mol. The van der Waals surface area contributed by atoms with Crippen LogP contribution < -0.4 is 0 Å². The van der Waals surface area contributed by atoms with E-state index in [4.69, 9.17) is 0 Å². The molecule has 1 heterocycles. The normalized spacial score (nSPS) is 12.0. The van der Waals surface area contributed by atoms with E-state index in [9.17, 15) is 9.18 Å². The van der Waals surface area contributed by atoms with Crippen molar-refractivity contribution in [1.82, 2.24) is 25.1 Å². The molecule has 1 amide bonds. The van der Waals surface area contributed by atoms with Crippen LogP contribution in [0.5, 0.6) is 0 Å². The molecule has 0 fully saturated rings. The summed E-state index contributed by atoms with van der Waals surface area (Å²) >= 11 is 0. The highest BCUT2D eigenvalue weighted by Gasteiger charge is 2.19. The van der Waals surface area contributed by atoms with Crippen molar-refractivity contribution in [2.45, 2.75) is 13.0 Å². The van der Waals surface area contributed by atoms with Crippen LogP contribution in [0.4, 0.5) is 4.39 Å². The summed E-state index contributed by atoms with van der Waals surface area (Å²) in [5.41, 5.74) is 2.09. The third-order valence-corrected chi connectivity index (χ3v) is 3.96. The summed E-state index contributed by atoms with van der Waals surface area (Å²) in [5.74, 6) is -0.434. The van der Waals surface area contributed by atoms with E-state index >= 15 is 0 Å². The van der Waals surface area contributed by atoms with Gasteiger partial charge < -0.3 is 4.90 Å². The molecule has 7 heteroatoms. The summed E-state index contributed by atoms with van der Waals surface area (Å²) in [6.45, 7) is 1.90. The lowest BCUT2D eigenvalue weighted by molar-refractivity contribution is 0.0742. The Hall–Kier alpha value is -3.09. The fourth-order valence-electron chi connectivity index (χ4n) is 2.41. The fourth-order valence-corrected chi connectivity index (χ4v) is 2.41. The highest BCUT2D eigenvalue weighted by atomic mass is 19.1. The molecule has 0 aliphatic carbocycles. The number of tetrazole rings is 1. The third-order valence-electron chi connectivity index (χ3n) is 3.96. The summed E-state index contributed by atoms with van der Waals surface area (Å²) in [7, 11) is 1.72. The Morgan fingerprint density at radius 3 is 2.62 bits per heavy atom. The molecule has 0 saturated carbocycles. The number of aromatic nitrogens is 4. The first kappa shape index (κ1) is 15.8. The summed E-state index contributed by atoms with van der Waals surface area (Å²) in [4.78, 5) is 14.4. The van der Waals surface area contributed by atoms with Crippen LogP contribution in [0.25, 0.3) is 5.69 Å². The number of hydrogen-bond donors (Lipinski definition) is 0. The SMILES string of the molecule is C[C@@H](c1ccc(F)cc1)N(C)C(=O)c1cccc(-n2cnnn2)c1. The van der Waals surface area contributed by atoms with Crippen molar-refractivity contribution >= 4 is 5.91 Å². The largest absolute Gasteiger partial charge is 0.335 e. The first-order valence-corrected chi connectivity index (χ1v) is 7.42. The summed E-state index contributed by atoms with van der Waals surface area (Å²) in [5, 5.41) is 11.0. The molecule has 24 heavy (non-hydrogen) atoms. The highest BCUT2D eigenvalue weighted by Crippen LogP contribution is 2.21. The van der Waals surface area contributed by atoms with Gasteiger partial charge in [0, 0.05) is 12.6 Å². The van der Waals surface area contributed by atoms with Gasteiger partial charge in [0.15, 0.2) is 0 Å². The van der Waals surface area contributed by atoms with Crippen LogP contribution in [0.1, 0.15) is 28.9 Å². The molecule has 3 rings (SSSR count).